The molecule has 0 radical (unpaired) electrons. The maximum Gasteiger partial charge on any atom is 2.00 e. The molecule has 0 aromatic heterocycles. The van der Waals surface area contributed by atoms with E-state index in [0.717, 1.165) is 0 Å². The van der Waals surface area contributed by atoms with Gasteiger partial charge in [-0.05, 0) is 0 Å². The minimum absolute atomic E-state index is 0. The van der Waals surface area contributed by atoms with Crippen molar-refractivity contribution in [3.05, 3.63) is 0 Å². The van der Waals surface area contributed by atoms with Crippen LogP contribution in [0.3, 0.4) is 0 Å². The van der Waals surface area contributed by atoms with Crippen LogP contribution >= 0.6 is 0 Å². The van der Waals surface area contributed by atoms with Gasteiger partial charge in [0.2, 0.25) is 0 Å². The van der Waals surface area contributed by atoms with E-state index in [1.165, 1.54) is 0 Å². The predicted octanol–water partition coefficient (Wildman–Crippen LogP) is -5.75. The van der Waals surface area contributed by atoms with Crippen LogP contribution in [0.15, 0.2) is 0 Å². The smallest absolute Gasteiger partial charge is 0.871 e. The molecule has 9 heavy (non-hydrogen) atoms. The molecule has 9 heteroatoms. The Bertz CT molecular complexity index is 26.5. The summed E-state index contributed by atoms with van der Waals surface area (Å²) in [4.78, 5) is 0. The Morgan fingerprint density at radius 3 is 0.889 bits per heavy atom. The minimum Gasteiger partial charge on any atom is -0.871 e. The van der Waals surface area contributed by atoms with E-state index in [0.29, 0.717) is 0 Å². The SMILES string of the molecule is OB(O)O.[Ca+2].[O-]B([O-])O. The molecule has 0 rings (SSSR count). The van der Waals surface area contributed by atoms with Gasteiger partial charge in [0.05, 0.1) is 7.32 Å². The van der Waals surface area contributed by atoms with Crippen molar-refractivity contribution in [1.82, 2.24) is 0 Å². The average Bonchev–Trinajstić information content (AvgIpc) is 1.25. The third kappa shape index (κ3) is 354. The number of rotatable bonds is 0. The Kier molecular flexibility index (Phi) is 22.0. The molecule has 4 N–H and O–H groups in total. The summed E-state index contributed by atoms with van der Waals surface area (Å²) in [6, 6.07) is 0. The van der Waals surface area contributed by atoms with Gasteiger partial charge < -0.3 is 30.1 Å². The van der Waals surface area contributed by atoms with Crippen LogP contribution in [0.1, 0.15) is 0 Å². The summed E-state index contributed by atoms with van der Waals surface area (Å²) in [5, 5.41) is 45.5. The van der Waals surface area contributed by atoms with Crippen molar-refractivity contribution in [2.75, 3.05) is 0 Å². The van der Waals surface area contributed by atoms with E-state index in [9.17, 15) is 0 Å². The Morgan fingerprint density at radius 1 is 0.889 bits per heavy atom. The van der Waals surface area contributed by atoms with E-state index in [4.69, 9.17) is 30.1 Å². The van der Waals surface area contributed by atoms with E-state index in [2.05, 4.69) is 0 Å². The first-order valence-electron chi connectivity index (χ1n) is 1.50. The van der Waals surface area contributed by atoms with Gasteiger partial charge in [-0.25, -0.2) is 0 Å². The molecule has 0 aliphatic rings. The zero-order chi connectivity index (χ0) is 7.15. The first-order valence-corrected chi connectivity index (χ1v) is 1.50. The van der Waals surface area contributed by atoms with E-state index in [-0.39, 0.29) is 37.7 Å². The van der Waals surface area contributed by atoms with Gasteiger partial charge in [-0.15, -0.1) is 0 Å². The molecule has 0 aromatic rings. The Labute approximate surface area is 82.1 Å². The van der Waals surface area contributed by atoms with Gasteiger partial charge in [0, 0.05) is 0 Å². The second-order valence-corrected chi connectivity index (χ2v) is 0.653. The predicted molar refractivity (Wildman–Crippen MR) is 26.1 cm³/mol. The minimum atomic E-state index is -2.67. The van der Waals surface area contributed by atoms with Gasteiger partial charge in [0.15, 0.2) is 0 Å². The summed E-state index contributed by atoms with van der Waals surface area (Å²) in [5.74, 6) is 0. The second-order valence-electron chi connectivity index (χ2n) is 0.653. The van der Waals surface area contributed by atoms with Crippen molar-refractivity contribution in [2.45, 2.75) is 0 Å². The van der Waals surface area contributed by atoms with Crippen molar-refractivity contribution in [2.24, 2.45) is 0 Å². The van der Waals surface area contributed by atoms with Crippen molar-refractivity contribution in [3.63, 3.8) is 0 Å². The maximum atomic E-state index is 8.53. The molecule has 0 fully saturated rings. The molecular weight excluding hydrogens is 158 g/mol. The van der Waals surface area contributed by atoms with Crippen molar-refractivity contribution >= 4 is 52.4 Å². The third-order valence-electron chi connectivity index (χ3n) is 0. The molecule has 0 atom stereocenters. The fourth-order valence-corrected chi connectivity index (χ4v) is 0. The second kappa shape index (κ2) is 11.9. The molecule has 0 saturated carbocycles. The zero-order valence-electron chi connectivity index (χ0n) is 4.47. The first kappa shape index (κ1) is 16.6. The van der Waals surface area contributed by atoms with Crippen molar-refractivity contribution < 1.29 is 30.1 Å². The maximum absolute atomic E-state index is 8.53. The van der Waals surface area contributed by atoms with Crippen molar-refractivity contribution in [1.29, 1.82) is 0 Å². The van der Waals surface area contributed by atoms with Gasteiger partial charge >= 0.3 is 45.1 Å². The molecule has 0 heterocycles. The fraction of sp³-hybridized carbons (Fsp3) is 0. The zero-order valence-corrected chi connectivity index (χ0v) is 6.68. The molecule has 0 saturated heterocycles. The van der Waals surface area contributed by atoms with Crippen LogP contribution in [-0.2, 0) is 0 Å². The fourth-order valence-electron chi connectivity index (χ4n) is 0. The molecular formula is H4B2CaO6. The van der Waals surface area contributed by atoms with E-state index in [1.807, 2.05) is 0 Å². The van der Waals surface area contributed by atoms with Crippen LogP contribution in [0.25, 0.3) is 0 Å². The van der Waals surface area contributed by atoms with E-state index < -0.39 is 14.6 Å². The van der Waals surface area contributed by atoms with Crippen LogP contribution in [0.5, 0.6) is 0 Å². The summed E-state index contributed by atoms with van der Waals surface area (Å²) in [6.45, 7) is 0. The van der Waals surface area contributed by atoms with Gasteiger partial charge in [0.25, 0.3) is 0 Å². The largest absolute Gasteiger partial charge is 2.00 e. The Morgan fingerprint density at radius 2 is 0.889 bits per heavy atom. The van der Waals surface area contributed by atoms with Gasteiger partial charge in [-0.3, -0.25) is 0 Å². The normalized spacial score (nSPS) is 6.00. The summed E-state index contributed by atoms with van der Waals surface area (Å²) in [7, 11) is -4.83. The summed E-state index contributed by atoms with van der Waals surface area (Å²) < 4.78 is 0. The molecule has 6 nitrogen and oxygen atoms in total. The molecule has 0 aliphatic carbocycles. The Balaban J connectivity index is -0.0000000720. The van der Waals surface area contributed by atoms with E-state index >= 15 is 0 Å². The molecule has 0 bridgehead atoms. The van der Waals surface area contributed by atoms with Crippen LogP contribution in [0, 0.1) is 0 Å². The monoisotopic (exact) mass is 162 g/mol. The molecule has 0 aliphatic heterocycles. The summed E-state index contributed by atoms with van der Waals surface area (Å²) in [5.41, 5.74) is 0. The van der Waals surface area contributed by atoms with Gasteiger partial charge in [0.1, 0.15) is 0 Å². The quantitative estimate of drug-likeness (QED) is 0.262. The van der Waals surface area contributed by atoms with E-state index in [1.54, 1.807) is 0 Å². The number of hydrogen-bond acceptors (Lipinski definition) is 6. The van der Waals surface area contributed by atoms with Crippen LogP contribution in [0.2, 0.25) is 0 Å². The van der Waals surface area contributed by atoms with Crippen LogP contribution < -0.4 is 10.0 Å². The molecule has 48 valence electrons. The standard InChI is InChI=1S/BH3O3.BHO3.Ca/c2*2-1(3)4;/h2-4H;2H;/q;-2;+2. The molecule has 0 aromatic carbocycles. The van der Waals surface area contributed by atoms with Crippen LogP contribution in [0.4, 0.5) is 0 Å². The first-order chi connectivity index (χ1) is 3.46. The topological polar surface area (TPSA) is 127 Å². The van der Waals surface area contributed by atoms with Crippen molar-refractivity contribution in [3.8, 4) is 0 Å². The molecule has 0 unspecified atom stereocenters. The average molecular weight is 162 g/mol. The summed E-state index contributed by atoms with van der Waals surface area (Å²) >= 11 is 0. The molecule has 0 amide bonds. The molecule has 0 spiro atoms. The van der Waals surface area contributed by atoms with Gasteiger partial charge in [-0.1, -0.05) is 0 Å². The Hall–Kier alpha value is 1.15. The number of hydrogen-bond donors (Lipinski definition) is 4. The van der Waals surface area contributed by atoms with Crippen LogP contribution in [-0.4, -0.2) is 72.5 Å². The van der Waals surface area contributed by atoms with Gasteiger partial charge in [-0.2, -0.15) is 0 Å². The summed E-state index contributed by atoms with van der Waals surface area (Å²) in [6.07, 6.45) is 0. The third-order valence-corrected chi connectivity index (χ3v) is 0.